The van der Waals surface area contributed by atoms with Gasteiger partial charge in [-0.05, 0) is 49.3 Å². The number of methoxy groups -OCH3 is 1. The number of ether oxygens (including phenoxy) is 1. The summed E-state index contributed by atoms with van der Waals surface area (Å²) in [5.41, 5.74) is 1.08. The van der Waals surface area contributed by atoms with Crippen LogP contribution in [0.5, 0.6) is 5.75 Å². The van der Waals surface area contributed by atoms with E-state index in [1.807, 2.05) is 36.1 Å². The highest BCUT2D eigenvalue weighted by atomic mass is 16.5. The first-order chi connectivity index (χ1) is 11.5. The van der Waals surface area contributed by atoms with Gasteiger partial charge in [-0.1, -0.05) is 19.1 Å². The first-order valence-electron chi connectivity index (χ1n) is 8.66. The van der Waals surface area contributed by atoms with Crippen molar-refractivity contribution in [2.24, 2.45) is 0 Å². The lowest BCUT2D eigenvalue weighted by atomic mass is 9.93. The highest BCUT2D eigenvalue weighted by Crippen LogP contribution is 2.27. The van der Waals surface area contributed by atoms with E-state index in [1.54, 1.807) is 7.11 Å². The Labute approximate surface area is 143 Å². The van der Waals surface area contributed by atoms with Crippen molar-refractivity contribution in [1.29, 1.82) is 0 Å². The molecular formula is C19H27NO4. The van der Waals surface area contributed by atoms with Gasteiger partial charge in [0.2, 0.25) is 5.91 Å². The summed E-state index contributed by atoms with van der Waals surface area (Å²) in [7, 11) is 1.63. The molecule has 24 heavy (non-hydrogen) atoms. The number of benzene rings is 1. The lowest BCUT2D eigenvalue weighted by molar-refractivity contribution is -0.140. The molecule has 0 radical (unpaired) electrons. The molecule has 1 aromatic carbocycles. The fraction of sp³-hybridized carbons (Fsp3) is 0.579. The molecule has 0 aliphatic carbocycles. The van der Waals surface area contributed by atoms with E-state index in [9.17, 15) is 9.59 Å². The molecule has 5 heteroatoms. The fourth-order valence-electron chi connectivity index (χ4n) is 3.36. The molecule has 0 bridgehead atoms. The predicted octanol–water partition coefficient (Wildman–Crippen LogP) is 3.43. The molecule has 132 valence electrons. The number of likely N-dealkylation sites (tertiary alicyclic amines) is 1. The Balaban J connectivity index is 1.99. The molecule has 1 heterocycles. The average Bonchev–Trinajstić information content (AvgIpc) is 2.60. The van der Waals surface area contributed by atoms with Gasteiger partial charge >= 0.3 is 5.97 Å². The van der Waals surface area contributed by atoms with Crippen molar-refractivity contribution in [1.82, 2.24) is 4.90 Å². The van der Waals surface area contributed by atoms with Gasteiger partial charge in [-0.3, -0.25) is 9.59 Å². The van der Waals surface area contributed by atoms with Crippen LogP contribution in [0.2, 0.25) is 0 Å². The van der Waals surface area contributed by atoms with E-state index in [0.29, 0.717) is 12.8 Å². The van der Waals surface area contributed by atoms with E-state index >= 15 is 0 Å². The lowest BCUT2D eigenvalue weighted by Gasteiger charge is -2.36. The Morgan fingerprint density at radius 2 is 2.17 bits per heavy atom. The Hall–Kier alpha value is -2.04. The highest BCUT2D eigenvalue weighted by Gasteiger charge is 2.28. The minimum absolute atomic E-state index is 0.0693. The maximum Gasteiger partial charge on any atom is 0.303 e. The van der Waals surface area contributed by atoms with Gasteiger partial charge in [-0.25, -0.2) is 0 Å². The highest BCUT2D eigenvalue weighted by molar-refractivity contribution is 5.77. The Kier molecular flexibility index (Phi) is 6.64. The zero-order valence-electron chi connectivity index (χ0n) is 14.5. The van der Waals surface area contributed by atoms with Crippen molar-refractivity contribution in [3.8, 4) is 5.75 Å². The molecule has 0 saturated carbocycles. The molecule has 2 atom stereocenters. The molecule has 1 aromatic rings. The van der Waals surface area contributed by atoms with Crippen LogP contribution in [0.25, 0.3) is 0 Å². The quantitative estimate of drug-likeness (QED) is 0.830. The second-order valence-electron chi connectivity index (χ2n) is 6.55. The number of aliphatic carboxylic acids is 1. The third-order valence-corrected chi connectivity index (χ3v) is 4.78. The number of carbonyl (C=O) groups is 2. The molecule has 1 saturated heterocycles. The topological polar surface area (TPSA) is 66.8 Å². The fourth-order valence-corrected chi connectivity index (χ4v) is 3.36. The van der Waals surface area contributed by atoms with Crippen LogP contribution in [0.4, 0.5) is 0 Å². The first-order valence-corrected chi connectivity index (χ1v) is 8.66. The van der Waals surface area contributed by atoms with E-state index in [0.717, 1.165) is 37.1 Å². The SMILES string of the molecule is COc1cccc([C@@H](C)CC(=O)N2CCCC[C@H]2CCC(=O)O)c1. The number of rotatable bonds is 7. The van der Waals surface area contributed by atoms with Crippen LogP contribution in [0.15, 0.2) is 24.3 Å². The number of piperidine rings is 1. The van der Waals surface area contributed by atoms with Crippen LogP contribution in [0, 0.1) is 0 Å². The Morgan fingerprint density at radius 1 is 1.38 bits per heavy atom. The van der Waals surface area contributed by atoms with Gasteiger partial charge in [-0.2, -0.15) is 0 Å². The molecule has 0 aromatic heterocycles. The molecule has 1 aliphatic heterocycles. The van der Waals surface area contributed by atoms with Gasteiger partial charge in [0.05, 0.1) is 7.11 Å². The normalized spacial score (nSPS) is 18.9. The summed E-state index contributed by atoms with van der Waals surface area (Å²) < 4.78 is 5.25. The number of nitrogens with zero attached hydrogens (tertiary/aromatic N) is 1. The maximum absolute atomic E-state index is 12.7. The van der Waals surface area contributed by atoms with Crippen molar-refractivity contribution in [2.75, 3.05) is 13.7 Å². The Bertz CT molecular complexity index is 572. The number of hydrogen-bond acceptors (Lipinski definition) is 3. The second-order valence-corrected chi connectivity index (χ2v) is 6.55. The molecule has 1 N–H and O–H groups in total. The summed E-state index contributed by atoms with van der Waals surface area (Å²) in [5, 5.41) is 8.90. The largest absolute Gasteiger partial charge is 0.497 e. The average molecular weight is 333 g/mol. The van der Waals surface area contributed by atoms with Crippen LogP contribution >= 0.6 is 0 Å². The van der Waals surface area contributed by atoms with Gasteiger partial charge in [0.15, 0.2) is 0 Å². The number of hydrogen-bond donors (Lipinski definition) is 1. The van der Waals surface area contributed by atoms with Crippen molar-refractivity contribution < 1.29 is 19.4 Å². The van der Waals surface area contributed by atoms with Crippen molar-refractivity contribution in [3.05, 3.63) is 29.8 Å². The summed E-state index contributed by atoms with van der Waals surface area (Å²) >= 11 is 0. The third kappa shape index (κ3) is 4.98. The minimum atomic E-state index is -0.794. The number of carboxylic acids is 1. The first kappa shape index (κ1) is 18.3. The Morgan fingerprint density at radius 3 is 2.88 bits per heavy atom. The molecule has 1 aliphatic rings. The van der Waals surface area contributed by atoms with Crippen LogP contribution in [-0.4, -0.2) is 41.6 Å². The van der Waals surface area contributed by atoms with Crippen molar-refractivity contribution in [2.45, 2.75) is 57.4 Å². The monoisotopic (exact) mass is 333 g/mol. The lowest BCUT2D eigenvalue weighted by Crippen LogP contribution is -2.44. The molecule has 1 amide bonds. The van der Waals surface area contributed by atoms with Crippen molar-refractivity contribution >= 4 is 11.9 Å². The van der Waals surface area contributed by atoms with Gasteiger partial charge in [0.25, 0.3) is 0 Å². The second kappa shape index (κ2) is 8.71. The van der Waals surface area contributed by atoms with E-state index in [-0.39, 0.29) is 24.3 Å². The molecule has 0 spiro atoms. The minimum Gasteiger partial charge on any atom is -0.497 e. The van der Waals surface area contributed by atoms with Crippen LogP contribution < -0.4 is 4.74 Å². The summed E-state index contributed by atoms with van der Waals surface area (Å²) in [6, 6.07) is 7.88. The van der Waals surface area contributed by atoms with Crippen molar-refractivity contribution in [3.63, 3.8) is 0 Å². The van der Waals surface area contributed by atoms with E-state index in [2.05, 4.69) is 0 Å². The molecular weight excluding hydrogens is 306 g/mol. The third-order valence-electron chi connectivity index (χ3n) is 4.78. The zero-order chi connectivity index (χ0) is 17.5. The smallest absolute Gasteiger partial charge is 0.303 e. The van der Waals surface area contributed by atoms with E-state index < -0.39 is 5.97 Å². The molecule has 2 rings (SSSR count). The molecule has 1 fully saturated rings. The summed E-state index contributed by atoms with van der Waals surface area (Å²) in [4.78, 5) is 25.5. The van der Waals surface area contributed by atoms with Gasteiger partial charge in [0.1, 0.15) is 5.75 Å². The van der Waals surface area contributed by atoms with Gasteiger partial charge in [-0.15, -0.1) is 0 Å². The summed E-state index contributed by atoms with van der Waals surface area (Å²) in [6.45, 7) is 2.79. The number of carboxylic acid groups (broad SMARTS) is 1. The number of amides is 1. The maximum atomic E-state index is 12.7. The van der Waals surface area contributed by atoms with E-state index in [1.165, 1.54) is 0 Å². The molecule has 5 nitrogen and oxygen atoms in total. The molecule has 0 unspecified atom stereocenters. The zero-order valence-corrected chi connectivity index (χ0v) is 14.5. The van der Waals surface area contributed by atoms with Gasteiger partial charge in [0, 0.05) is 25.4 Å². The van der Waals surface area contributed by atoms with Crippen LogP contribution in [0.3, 0.4) is 0 Å². The van der Waals surface area contributed by atoms with Crippen LogP contribution in [-0.2, 0) is 9.59 Å². The summed E-state index contributed by atoms with van der Waals surface area (Å²) in [5.74, 6) is 0.233. The predicted molar refractivity (Wildman–Crippen MR) is 92.2 cm³/mol. The standard InChI is InChI=1S/C19H27NO4/c1-14(15-6-5-8-17(13-15)24-2)12-18(21)20-11-4-3-7-16(20)9-10-19(22)23/h5-6,8,13-14,16H,3-4,7,9-12H2,1-2H3,(H,22,23)/t14-,16-/m0/s1. The van der Waals surface area contributed by atoms with E-state index in [4.69, 9.17) is 9.84 Å². The number of carbonyl (C=O) groups excluding carboxylic acids is 1. The summed E-state index contributed by atoms with van der Waals surface area (Å²) in [6.07, 6.45) is 4.10. The van der Waals surface area contributed by atoms with Crippen LogP contribution in [0.1, 0.15) is 56.9 Å². The van der Waals surface area contributed by atoms with Gasteiger partial charge < -0.3 is 14.7 Å².